The van der Waals surface area contributed by atoms with Gasteiger partial charge < -0.3 is 20.3 Å². The first-order valence-electron chi connectivity index (χ1n) is 13.0. The van der Waals surface area contributed by atoms with Gasteiger partial charge in [0.15, 0.2) is 18.2 Å². The lowest BCUT2D eigenvalue weighted by Gasteiger charge is -2.29. The topological polar surface area (TPSA) is 114 Å². The van der Waals surface area contributed by atoms with Gasteiger partial charge in [-0.25, -0.2) is 0 Å². The molecule has 3 unspecified atom stereocenters. The Morgan fingerprint density at radius 3 is 2.56 bits per heavy atom. The second-order valence-electron chi connectivity index (χ2n) is 10.4. The average molecular weight is 547 g/mol. The Hall–Kier alpha value is -4.05. The van der Waals surface area contributed by atoms with Gasteiger partial charge in [-0.2, -0.15) is 4.73 Å². The zero-order chi connectivity index (χ0) is 27.7. The third-order valence-corrected chi connectivity index (χ3v) is 8.32. The number of thiophene rings is 1. The number of amides is 3. The summed E-state index contributed by atoms with van der Waals surface area (Å²) in [5.41, 5.74) is 1.21. The molecule has 3 amide bonds. The van der Waals surface area contributed by atoms with Gasteiger partial charge in [-0.15, -0.1) is 11.3 Å². The van der Waals surface area contributed by atoms with Crippen LogP contribution in [0.15, 0.2) is 67.0 Å². The molecule has 2 aliphatic heterocycles. The number of carbonyl (C=O) groups is 4. The first kappa shape index (κ1) is 26.6. The maximum atomic E-state index is 13.8. The van der Waals surface area contributed by atoms with Gasteiger partial charge in [-0.05, 0) is 42.5 Å². The van der Waals surface area contributed by atoms with Crippen LogP contribution in [-0.4, -0.2) is 64.5 Å². The van der Waals surface area contributed by atoms with Gasteiger partial charge in [0.2, 0.25) is 5.91 Å². The van der Waals surface area contributed by atoms with Crippen molar-refractivity contribution >= 4 is 34.8 Å². The second-order valence-corrected chi connectivity index (χ2v) is 11.5. The van der Waals surface area contributed by atoms with Crippen molar-refractivity contribution in [2.45, 2.75) is 44.8 Å². The number of nitrogens with one attached hydrogen (secondary N) is 1. The van der Waals surface area contributed by atoms with Crippen molar-refractivity contribution in [2.75, 3.05) is 13.1 Å². The number of hydrogen-bond donors (Lipinski definition) is 1. The fourth-order valence-corrected chi connectivity index (χ4v) is 6.34. The van der Waals surface area contributed by atoms with E-state index < -0.39 is 24.0 Å². The fraction of sp³-hybridized carbons (Fsp3) is 0.345. The summed E-state index contributed by atoms with van der Waals surface area (Å²) >= 11 is 1.36. The van der Waals surface area contributed by atoms with Crippen molar-refractivity contribution in [3.8, 4) is 10.4 Å². The molecule has 0 aliphatic carbocycles. The van der Waals surface area contributed by atoms with Crippen LogP contribution < -0.4 is 10.0 Å². The van der Waals surface area contributed by atoms with Crippen LogP contribution in [-0.2, 0) is 9.59 Å². The summed E-state index contributed by atoms with van der Waals surface area (Å²) in [6.07, 6.45) is 3.33. The molecule has 2 saturated heterocycles. The van der Waals surface area contributed by atoms with Crippen LogP contribution in [0, 0.1) is 11.1 Å². The molecule has 3 aromatic rings. The number of carbonyl (C=O) groups excluding carboxylic acids is 4. The molecule has 4 heterocycles. The monoisotopic (exact) mass is 546 g/mol. The number of Topliss-reactive ketones (excluding diaryl/α,β-unsaturated/α-hetero) is 1. The minimum atomic E-state index is -0.801. The molecule has 1 aromatic carbocycles. The molecule has 9 nitrogen and oxygen atoms in total. The van der Waals surface area contributed by atoms with Crippen LogP contribution in [0.4, 0.5) is 0 Å². The minimum Gasteiger partial charge on any atom is -0.619 e. The SMILES string of the molecule is CC(C)CC(NC(=O)c1ccc(-c2ccccc2)s1)C(=O)N1CCC2C1C(=O)CN2C(=O)c1ccc[n+]([O-])c1. The van der Waals surface area contributed by atoms with Crippen LogP contribution in [0.1, 0.15) is 46.7 Å². The Kier molecular flexibility index (Phi) is 7.47. The number of nitrogens with zero attached hydrogens (tertiary/aromatic N) is 3. The first-order valence-corrected chi connectivity index (χ1v) is 13.8. The third kappa shape index (κ3) is 5.42. The number of benzene rings is 1. The number of hydrogen-bond acceptors (Lipinski definition) is 6. The highest BCUT2D eigenvalue weighted by Crippen LogP contribution is 2.32. The van der Waals surface area contributed by atoms with Crippen molar-refractivity contribution < 1.29 is 23.9 Å². The van der Waals surface area contributed by atoms with Crippen LogP contribution in [0.2, 0.25) is 0 Å². The Labute approximate surface area is 230 Å². The van der Waals surface area contributed by atoms with Gasteiger partial charge in [0, 0.05) is 17.5 Å². The van der Waals surface area contributed by atoms with E-state index in [1.165, 1.54) is 45.7 Å². The molecule has 2 aromatic heterocycles. The number of pyridine rings is 1. The lowest BCUT2D eigenvalue weighted by atomic mass is 10.0. The van der Waals surface area contributed by atoms with Crippen LogP contribution in [0.25, 0.3) is 10.4 Å². The fourth-order valence-electron chi connectivity index (χ4n) is 5.43. The lowest BCUT2D eigenvalue weighted by Crippen LogP contribution is -2.52. The Morgan fingerprint density at radius 2 is 1.85 bits per heavy atom. The van der Waals surface area contributed by atoms with E-state index in [4.69, 9.17) is 0 Å². The summed E-state index contributed by atoms with van der Waals surface area (Å²) < 4.78 is 0.544. The molecule has 2 fully saturated rings. The summed E-state index contributed by atoms with van der Waals surface area (Å²) in [5.74, 6) is -1.15. The van der Waals surface area contributed by atoms with Crippen LogP contribution >= 0.6 is 11.3 Å². The molecule has 10 heteroatoms. The maximum absolute atomic E-state index is 13.8. The van der Waals surface area contributed by atoms with Crippen molar-refractivity contribution in [1.29, 1.82) is 0 Å². The van der Waals surface area contributed by atoms with Crippen LogP contribution in [0.3, 0.4) is 0 Å². The number of likely N-dealkylation sites (tertiary alicyclic amines) is 2. The molecular weight excluding hydrogens is 516 g/mol. The van der Waals surface area contributed by atoms with E-state index in [2.05, 4.69) is 5.32 Å². The highest BCUT2D eigenvalue weighted by Gasteiger charge is 2.52. The van der Waals surface area contributed by atoms with Gasteiger partial charge in [0.05, 0.1) is 17.5 Å². The standard InChI is InChI=1S/C29H30N4O5S/c1-18(2)15-21(30-27(35)25-11-10-24(39-25)19-7-4-3-5-8-19)29(37)32-14-12-22-26(32)23(34)17-33(22)28(36)20-9-6-13-31(38)16-20/h3-11,13,16,18,21-22,26H,12,14-15,17H2,1-2H3,(H,30,35). The first-order chi connectivity index (χ1) is 18.7. The predicted molar refractivity (Wildman–Crippen MR) is 146 cm³/mol. The lowest BCUT2D eigenvalue weighted by molar-refractivity contribution is -0.605. The Morgan fingerprint density at radius 1 is 1.08 bits per heavy atom. The van der Waals surface area contributed by atoms with Gasteiger partial charge in [-0.1, -0.05) is 44.2 Å². The summed E-state index contributed by atoms with van der Waals surface area (Å²) in [5, 5.41) is 14.6. The summed E-state index contributed by atoms with van der Waals surface area (Å²) in [6.45, 7) is 4.13. The molecule has 0 saturated carbocycles. The minimum absolute atomic E-state index is 0.120. The normalized spacial score (nSPS) is 19.3. The average Bonchev–Trinajstić information content (AvgIpc) is 3.65. The molecule has 39 heavy (non-hydrogen) atoms. The number of ketones is 1. The third-order valence-electron chi connectivity index (χ3n) is 7.19. The molecule has 1 N–H and O–H groups in total. The van der Waals surface area contributed by atoms with Crippen molar-refractivity contribution in [1.82, 2.24) is 15.1 Å². The molecule has 5 rings (SSSR count). The van der Waals surface area contributed by atoms with Crippen molar-refractivity contribution in [3.05, 3.63) is 82.6 Å². The molecule has 2 aliphatic rings. The molecule has 202 valence electrons. The number of fused-ring (bicyclic) bond motifs is 1. The van der Waals surface area contributed by atoms with E-state index in [0.717, 1.165) is 10.4 Å². The largest absolute Gasteiger partial charge is 0.619 e. The Bertz CT molecular complexity index is 1410. The van der Waals surface area contributed by atoms with Crippen molar-refractivity contribution in [3.63, 3.8) is 0 Å². The van der Waals surface area contributed by atoms with Gasteiger partial charge in [-0.3, -0.25) is 19.2 Å². The van der Waals surface area contributed by atoms with E-state index in [0.29, 0.717) is 29.0 Å². The van der Waals surface area contributed by atoms with E-state index in [9.17, 15) is 24.4 Å². The van der Waals surface area contributed by atoms with E-state index in [1.807, 2.05) is 50.2 Å². The Balaban J connectivity index is 1.31. The summed E-state index contributed by atoms with van der Waals surface area (Å²) in [4.78, 5) is 57.6. The molecule has 3 atom stereocenters. The highest BCUT2D eigenvalue weighted by molar-refractivity contribution is 7.17. The summed E-state index contributed by atoms with van der Waals surface area (Å²) in [7, 11) is 0. The second kappa shape index (κ2) is 11.0. The van der Waals surface area contributed by atoms with Crippen LogP contribution in [0.5, 0.6) is 0 Å². The zero-order valence-electron chi connectivity index (χ0n) is 21.8. The number of rotatable bonds is 7. The maximum Gasteiger partial charge on any atom is 0.262 e. The van der Waals surface area contributed by atoms with E-state index in [1.54, 1.807) is 6.07 Å². The molecule has 0 bridgehead atoms. The van der Waals surface area contributed by atoms with Crippen molar-refractivity contribution in [2.24, 2.45) is 5.92 Å². The van der Waals surface area contributed by atoms with Gasteiger partial charge >= 0.3 is 0 Å². The smallest absolute Gasteiger partial charge is 0.262 e. The molecule has 0 radical (unpaired) electrons. The quantitative estimate of drug-likeness (QED) is 0.362. The zero-order valence-corrected chi connectivity index (χ0v) is 22.6. The highest BCUT2D eigenvalue weighted by atomic mass is 32.1. The van der Waals surface area contributed by atoms with Gasteiger partial charge in [0.25, 0.3) is 11.8 Å². The predicted octanol–water partition coefficient (Wildman–Crippen LogP) is 2.89. The number of aromatic nitrogens is 1. The molecule has 0 spiro atoms. The molecular formula is C29H30N4O5S. The van der Waals surface area contributed by atoms with Gasteiger partial charge in [0.1, 0.15) is 17.6 Å². The van der Waals surface area contributed by atoms with E-state index in [-0.39, 0.29) is 35.6 Å². The summed E-state index contributed by atoms with van der Waals surface area (Å²) in [6, 6.07) is 14.4. The van der Waals surface area contributed by atoms with E-state index >= 15 is 0 Å².